The van der Waals surface area contributed by atoms with Gasteiger partial charge in [0.25, 0.3) is 5.91 Å². The van der Waals surface area contributed by atoms with E-state index in [4.69, 9.17) is 0 Å². The summed E-state index contributed by atoms with van der Waals surface area (Å²) in [6.07, 6.45) is 6.57. The number of hydrogen-bond donors (Lipinski definition) is 0. The molecule has 0 saturated carbocycles. The van der Waals surface area contributed by atoms with Crippen molar-refractivity contribution in [2.45, 2.75) is 38.6 Å². The SMILES string of the molecule is Cc1ncsc1C(=O)N1CCCCC[C@H]1c1cccn1C. The first-order valence-electron chi connectivity index (χ1n) is 7.51. The number of carbonyl (C=O) groups excluding carboxylic acids is 1. The maximum atomic E-state index is 12.9. The zero-order valence-electron chi connectivity index (χ0n) is 12.6. The van der Waals surface area contributed by atoms with Crippen LogP contribution in [-0.2, 0) is 7.05 Å². The second-order valence-electron chi connectivity index (χ2n) is 5.67. The molecule has 3 rings (SSSR count). The Kier molecular flexibility index (Phi) is 4.10. The summed E-state index contributed by atoms with van der Waals surface area (Å²) >= 11 is 1.45. The molecule has 0 N–H and O–H groups in total. The lowest BCUT2D eigenvalue weighted by Gasteiger charge is -2.30. The highest BCUT2D eigenvalue weighted by atomic mass is 32.1. The topological polar surface area (TPSA) is 38.1 Å². The third-order valence-corrected chi connectivity index (χ3v) is 5.20. The first-order valence-corrected chi connectivity index (χ1v) is 8.38. The Morgan fingerprint density at radius 2 is 2.24 bits per heavy atom. The third kappa shape index (κ3) is 2.75. The van der Waals surface area contributed by atoms with E-state index in [1.54, 1.807) is 5.51 Å². The molecule has 5 heteroatoms. The Morgan fingerprint density at radius 3 is 2.90 bits per heavy atom. The average molecular weight is 303 g/mol. The van der Waals surface area contributed by atoms with Gasteiger partial charge >= 0.3 is 0 Å². The van der Waals surface area contributed by atoms with Gasteiger partial charge in [0, 0.05) is 25.5 Å². The molecule has 0 aromatic carbocycles. The van der Waals surface area contributed by atoms with E-state index in [2.05, 4.69) is 39.8 Å². The van der Waals surface area contributed by atoms with Crippen molar-refractivity contribution in [3.05, 3.63) is 40.1 Å². The van der Waals surface area contributed by atoms with Gasteiger partial charge < -0.3 is 9.47 Å². The number of amides is 1. The monoisotopic (exact) mass is 303 g/mol. The van der Waals surface area contributed by atoms with Crippen LogP contribution in [0.3, 0.4) is 0 Å². The number of aryl methyl sites for hydroxylation is 2. The molecular formula is C16H21N3OS. The van der Waals surface area contributed by atoms with Gasteiger partial charge in [-0.2, -0.15) is 0 Å². The van der Waals surface area contributed by atoms with Crippen molar-refractivity contribution < 1.29 is 4.79 Å². The molecule has 1 saturated heterocycles. The molecule has 2 aromatic heterocycles. The van der Waals surface area contributed by atoms with Crippen LogP contribution in [0.2, 0.25) is 0 Å². The lowest BCUT2D eigenvalue weighted by Crippen LogP contribution is -2.35. The molecule has 3 heterocycles. The van der Waals surface area contributed by atoms with Crippen LogP contribution in [0.1, 0.15) is 52.8 Å². The van der Waals surface area contributed by atoms with Crippen molar-refractivity contribution in [3.8, 4) is 0 Å². The van der Waals surface area contributed by atoms with Gasteiger partial charge in [-0.1, -0.05) is 12.8 Å². The Hall–Kier alpha value is -1.62. The number of aromatic nitrogens is 2. The van der Waals surface area contributed by atoms with E-state index in [0.29, 0.717) is 0 Å². The van der Waals surface area contributed by atoms with E-state index in [9.17, 15) is 4.79 Å². The summed E-state index contributed by atoms with van der Waals surface area (Å²) in [7, 11) is 2.06. The largest absolute Gasteiger partial charge is 0.353 e. The Bertz CT molecular complexity index is 631. The lowest BCUT2D eigenvalue weighted by molar-refractivity contribution is 0.0678. The summed E-state index contributed by atoms with van der Waals surface area (Å²) in [4.78, 5) is 20.0. The van der Waals surface area contributed by atoms with Gasteiger partial charge in [-0.05, 0) is 31.9 Å². The minimum atomic E-state index is 0.142. The molecule has 0 bridgehead atoms. The normalized spacial score (nSPS) is 19.5. The summed E-state index contributed by atoms with van der Waals surface area (Å²) in [6, 6.07) is 4.37. The maximum Gasteiger partial charge on any atom is 0.266 e. The molecule has 1 fully saturated rings. The molecule has 0 aliphatic carbocycles. The predicted octanol–water partition coefficient (Wildman–Crippen LogP) is 3.55. The van der Waals surface area contributed by atoms with E-state index >= 15 is 0 Å². The van der Waals surface area contributed by atoms with Crippen LogP contribution in [0.15, 0.2) is 23.8 Å². The smallest absolute Gasteiger partial charge is 0.266 e. The van der Waals surface area contributed by atoms with Crippen LogP contribution < -0.4 is 0 Å². The van der Waals surface area contributed by atoms with Crippen molar-refractivity contribution in [1.29, 1.82) is 0 Å². The fourth-order valence-electron chi connectivity index (χ4n) is 3.12. The summed E-state index contributed by atoms with van der Waals surface area (Å²) in [6.45, 7) is 2.76. The zero-order chi connectivity index (χ0) is 14.8. The molecule has 0 radical (unpaired) electrons. The molecule has 2 aromatic rings. The highest BCUT2D eigenvalue weighted by Gasteiger charge is 2.30. The van der Waals surface area contributed by atoms with Crippen LogP contribution >= 0.6 is 11.3 Å². The fourth-order valence-corrected chi connectivity index (χ4v) is 3.87. The van der Waals surface area contributed by atoms with Crippen LogP contribution in [-0.4, -0.2) is 26.9 Å². The predicted molar refractivity (Wildman–Crippen MR) is 84.5 cm³/mol. The highest BCUT2D eigenvalue weighted by Crippen LogP contribution is 2.32. The molecule has 1 amide bonds. The van der Waals surface area contributed by atoms with Crippen molar-refractivity contribution in [2.75, 3.05) is 6.54 Å². The van der Waals surface area contributed by atoms with Gasteiger partial charge in [-0.15, -0.1) is 11.3 Å². The second kappa shape index (κ2) is 6.02. The molecule has 0 unspecified atom stereocenters. The molecular weight excluding hydrogens is 282 g/mol. The van der Waals surface area contributed by atoms with Crippen molar-refractivity contribution >= 4 is 17.2 Å². The van der Waals surface area contributed by atoms with E-state index in [1.807, 2.05) is 6.92 Å². The Balaban J connectivity index is 1.94. The van der Waals surface area contributed by atoms with Crippen LogP contribution in [0.4, 0.5) is 0 Å². The van der Waals surface area contributed by atoms with Gasteiger partial charge in [-0.3, -0.25) is 4.79 Å². The van der Waals surface area contributed by atoms with Gasteiger partial charge in [0.05, 0.1) is 17.2 Å². The average Bonchev–Trinajstić information content (AvgIpc) is 3.00. The quantitative estimate of drug-likeness (QED) is 0.851. The van der Waals surface area contributed by atoms with Crippen molar-refractivity contribution in [2.24, 2.45) is 7.05 Å². The van der Waals surface area contributed by atoms with Crippen LogP contribution in [0.25, 0.3) is 0 Å². The Labute approximate surface area is 129 Å². The van der Waals surface area contributed by atoms with Crippen molar-refractivity contribution in [1.82, 2.24) is 14.5 Å². The van der Waals surface area contributed by atoms with Gasteiger partial charge in [0.15, 0.2) is 0 Å². The highest BCUT2D eigenvalue weighted by molar-refractivity contribution is 7.11. The minimum Gasteiger partial charge on any atom is -0.353 e. The van der Waals surface area contributed by atoms with E-state index < -0.39 is 0 Å². The summed E-state index contributed by atoms with van der Waals surface area (Å²) in [5, 5.41) is 0. The number of hydrogen-bond acceptors (Lipinski definition) is 3. The maximum absolute atomic E-state index is 12.9. The molecule has 1 aliphatic rings. The van der Waals surface area contributed by atoms with Gasteiger partial charge in [-0.25, -0.2) is 4.98 Å². The molecule has 21 heavy (non-hydrogen) atoms. The van der Waals surface area contributed by atoms with E-state index in [0.717, 1.165) is 30.0 Å². The molecule has 1 atom stereocenters. The van der Waals surface area contributed by atoms with Gasteiger partial charge in [0.2, 0.25) is 0 Å². The van der Waals surface area contributed by atoms with E-state index in [1.165, 1.54) is 29.9 Å². The van der Waals surface area contributed by atoms with Gasteiger partial charge in [0.1, 0.15) is 4.88 Å². The van der Waals surface area contributed by atoms with Crippen LogP contribution in [0, 0.1) is 6.92 Å². The molecule has 4 nitrogen and oxygen atoms in total. The first kappa shape index (κ1) is 14.3. The number of likely N-dealkylation sites (tertiary alicyclic amines) is 1. The fraction of sp³-hybridized carbons (Fsp3) is 0.500. The Morgan fingerprint density at radius 1 is 1.38 bits per heavy atom. The summed E-state index contributed by atoms with van der Waals surface area (Å²) in [5.74, 6) is 0.142. The number of rotatable bonds is 2. The number of carbonyl (C=O) groups is 1. The molecule has 0 spiro atoms. The number of nitrogens with zero attached hydrogens (tertiary/aromatic N) is 3. The van der Waals surface area contributed by atoms with E-state index in [-0.39, 0.29) is 11.9 Å². The first-order chi connectivity index (χ1) is 10.2. The molecule has 1 aliphatic heterocycles. The zero-order valence-corrected chi connectivity index (χ0v) is 13.4. The third-order valence-electron chi connectivity index (χ3n) is 4.28. The lowest BCUT2D eigenvalue weighted by atomic mass is 10.1. The second-order valence-corrected chi connectivity index (χ2v) is 6.53. The standard InChI is InChI=1S/C16H21N3OS/c1-12-15(21-11-17-12)16(20)19-10-5-3-4-7-14(19)13-8-6-9-18(13)2/h6,8-9,11,14H,3-5,7,10H2,1-2H3/t14-/m0/s1. The van der Waals surface area contributed by atoms with Crippen LogP contribution in [0.5, 0.6) is 0 Å². The summed E-state index contributed by atoms with van der Waals surface area (Å²) < 4.78 is 2.13. The summed E-state index contributed by atoms with van der Waals surface area (Å²) in [5.41, 5.74) is 3.84. The molecule has 112 valence electrons. The minimum absolute atomic E-state index is 0.142. The van der Waals surface area contributed by atoms with Crippen molar-refractivity contribution in [3.63, 3.8) is 0 Å². The number of thiazole rings is 1.